The third kappa shape index (κ3) is 2.68. The Kier molecular flexibility index (Phi) is 3.65. The van der Waals surface area contributed by atoms with Crippen LogP contribution >= 0.6 is 27.5 Å². The van der Waals surface area contributed by atoms with Crippen molar-refractivity contribution < 1.29 is 4.79 Å². The van der Waals surface area contributed by atoms with Crippen LogP contribution in [0.3, 0.4) is 0 Å². The Morgan fingerprint density at radius 2 is 2.00 bits per heavy atom. The fraction of sp³-hybridized carbons (Fsp3) is 0.800. The SMILES string of the molecule is CC(C)C(Cl)C(=O)Br. The molecule has 1 unspecified atom stereocenters. The summed E-state index contributed by atoms with van der Waals surface area (Å²) >= 11 is 8.32. The van der Waals surface area contributed by atoms with Crippen molar-refractivity contribution in [3.8, 4) is 0 Å². The quantitative estimate of drug-likeness (QED) is 0.492. The molecule has 0 aliphatic rings. The summed E-state index contributed by atoms with van der Waals surface area (Å²) in [6.07, 6.45) is 0. The van der Waals surface area contributed by atoms with Gasteiger partial charge in [-0.15, -0.1) is 11.6 Å². The normalized spacial score (nSPS) is 14.1. The highest BCUT2D eigenvalue weighted by Gasteiger charge is 2.15. The van der Waals surface area contributed by atoms with Gasteiger partial charge in [0, 0.05) is 0 Å². The van der Waals surface area contributed by atoms with Crippen molar-refractivity contribution in [3.63, 3.8) is 0 Å². The second-order valence-corrected chi connectivity index (χ2v) is 3.20. The fourth-order valence-corrected chi connectivity index (χ4v) is 0.791. The van der Waals surface area contributed by atoms with Crippen LogP contribution < -0.4 is 0 Å². The molecule has 0 fully saturated rings. The maximum atomic E-state index is 10.4. The summed E-state index contributed by atoms with van der Waals surface area (Å²) in [6, 6.07) is 0. The second-order valence-electron chi connectivity index (χ2n) is 1.95. The minimum Gasteiger partial charge on any atom is -0.285 e. The van der Waals surface area contributed by atoms with Gasteiger partial charge >= 0.3 is 0 Å². The van der Waals surface area contributed by atoms with Gasteiger partial charge < -0.3 is 0 Å². The molecule has 0 spiro atoms. The molecule has 8 heavy (non-hydrogen) atoms. The van der Waals surface area contributed by atoms with Crippen molar-refractivity contribution >= 4 is 32.2 Å². The first-order valence-corrected chi connectivity index (χ1v) is 3.62. The summed E-state index contributed by atoms with van der Waals surface area (Å²) in [6.45, 7) is 3.80. The number of halogens is 2. The zero-order valence-electron chi connectivity index (χ0n) is 4.82. The Balaban J connectivity index is 3.64. The van der Waals surface area contributed by atoms with E-state index in [4.69, 9.17) is 11.6 Å². The van der Waals surface area contributed by atoms with Crippen molar-refractivity contribution in [2.45, 2.75) is 19.2 Å². The fourth-order valence-electron chi connectivity index (χ4n) is 0.262. The molecule has 0 radical (unpaired) electrons. The number of hydrogen-bond donors (Lipinski definition) is 0. The van der Waals surface area contributed by atoms with Crippen LogP contribution in [-0.2, 0) is 4.79 Å². The molecule has 1 atom stereocenters. The lowest BCUT2D eigenvalue weighted by Gasteiger charge is -2.05. The summed E-state index contributed by atoms with van der Waals surface area (Å²) < 4.78 is -0.130. The first kappa shape index (κ1) is 8.44. The summed E-state index contributed by atoms with van der Waals surface area (Å²) in [5.74, 6) is 0.212. The Morgan fingerprint density at radius 1 is 1.62 bits per heavy atom. The largest absolute Gasteiger partial charge is 0.285 e. The van der Waals surface area contributed by atoms with E-state index in [0.717, 1.165) is 0 Å². The van der Waals surface area contributed by atoms with Crippen LogP contribution in [0, 0.1) is 5.92 Å². The van der Waals surface area contributed by atoms with Crippen LogP contribution in [0.25, 0.3) is 0 Å². The first-order valence-electron chi connectivity index (χ1n) is 2.39. The van der Waals surface area contributed by atoms with Crippen molar-refractivity contribution in [2.75, 3.05) is 0 Å². The lowest BCUT2D eigenvalue weighted by atomic mass is 10.1. The van der Waals surface area contributed by atoms with Gasteiger partial charge in [0.05, 0.1) is 0 Å². The minimum absolute atomic E-state index is 0.130. The smallest absolute Gasteiger partial charge is 0.215 e. The van der Waals surface area contributed by atoms with Gasteiger partial charge in [-0.25, -0.2) is 0 Å². The van der Waals surface area contributed by atoms with Crippen LogP contribution in [0.5, 0.6) is 0 Å². The number of carbonyl (C=O) groups is 1. The Labute approximate surface area is 62.5 Å². The number of rotatable bonds is 2. The van der Waals surface area contributed by atoms with Crippen molar-refractivity contribution in [1.29, 1.82) is 0 Å². The van der Waals surface area contributed by atoms with Gasteiger partial charge in [-0.3, -0.25) is 4.79 Å². The molecular weight excluding hydrogens is 191 g/mol. The monoisotopic (exact) mass is 198 g/mol. The van der Waals surface area contributed by atoms with E-state index < -0.39 is 0 Å². The molecule has 3 heteroatoms. The Hall–Kier alpha value is 0.440. The third-order valence-electron chi connectivity index (χ3n) is 0.802. The number of alkyl halides is 1. The molecule has 1 nitrogen and oxygen atoms in total. The molecule has 0 aromatic carbocycles. The lowest BCUT2D eigenvalue weighted by molar-refractivity contribution is -0.110. The van der Waals surface area contributed by atoms with E-state index in [0.29, 0.717) is 0 Å². The highest BCUT2D eigenvalue weighted by molar-refractivity contribution is 9.18. The van der Waals surface area contributed by atoms with E-state index in [-0.39, 0.29) is 16.0 Å². The van der Waals surface area contributed by atoms with Crippen LogP contribution in [-0.4, -0.2) is 10.1 Å². The van der Waals surface area contributed by atoms with Crippen LogP contribution in [0.1, 0.15) is 13.8 Å². The zero-order chi connectivity index (χ0) is 6.73. The van der Waals surface area contributed by atoms with Gasteiger partial charge in [0.2, 0.25) is 4.69 Å². The molecule has 0 heterocycles. The van der Waals surface area contributed by atoms with E-state index in [1.807, 2.05) is 13.8 Å². The minimum atomic E-state index is -0.380. The highest BCUT2D eigenvalue weighted by atomic mass is 79.9. The predicted octanol–water partition coefficient (Wildman–Crippen LogP) is 2.17. The number of carbonyl (C=O) groups excluding carboxylic acids is 1. The van der Waals surface area contributed by atoms with E-state index in [1.54, 1.807) is 0 Å². The maximum Gasteiger partial charge on any atom is 0.215 e. The topological polar surface area (TPSA) is 17.1 Å². The first-order chi connectivity index (χ1) is 3.55. The average Bonchev–Trinajstić information content (AvgIpc) is 1.64. The predicted molar refractivity (Wildman–Crippen MR) is 38.4 cm³/mol. The van der Waals surface area contributed by atoms with Crippen molar-refractivity contribution in [1.82, 2.24) is 0 Å². The lowest BCUT2D eigenvalue weighted by Crippen LogP contribution is -2.14. The summed E-state index contributed by atoms with van der Waals surface area (Å²) in [7, 11) is 0. The van der Waals surface area contributed by atoms with E-state index in [1.165, 1.54) is 0 Å². The van der Waals surface area contributed by atoms with Crippen molar-refractivity contribution in [2.24, 2.45) is 5.92 Å². The molecule has 0 saturated carbocycles. The molecule has 0 amide bonds. The van der Waals surface area contributed by atoms with E-state index in [2.05, 4.69) is 15.9 Å². The van der Waals surface area contributed by atoms with Crippen LogP contribution in [0.4, 0.5) is 0 Å². The van der Waals surface area contributed by atoms with E-state index >= 15 is 0 Å². The van der Waals surface area contributed by atoms with E-state index in [9.17, 15) is 4.79 Å². The molecule has 0 aliphatic carbocycles. The molecular formula is C5H8BrClO. The molecule has 0 aliphatic heterocycles. The average molecular weight is 199 g/mol. The summed E-state index contributed by atoms with van der Waals surface area (Å²) in [4.78, 5) is 10.4. The van der Waals surface area contributed by atoms with Gasteiger partial charge in [0.25, 0.3) is 0 Å². The van der Waals surface area contributed by atoms with Gasteiger partial charge in [0.15, 0.2) is 0 Å². The molecule has 0 rings (SSSR count). The molecule has 48 valence electrons. The van der Waals surface area contributed by atoms with Crippen LogP contribution in [0.2, 0.25) is 0 Å². The summed E-state index contributed by atoms with van der Waals surface area (Å²) in [5, 5.41) is -0.380. The summed E-state index contributed by atoms with van der Waals surface area (Å²) in [5.41, 5.74) is 0. The van der Waals surface area contributed by atoms with Crippen LogP contribution in [0.15, 0.2) is 0 Å². The van der Waals surface area contributed by atoms with Gasteiger partial charge in [-0.05, 0) is 21.8 Å². The molecule has 0 aromatic rings. The maximum absolute atomic E-state index is 10.4. The molecule has 0 bridgehead atoms. The van der Waals surface area contributed by atoms with Gasteiger partial charge in [-0.1, -0.05) is 13.8 Å². The zero-order valence-corrected chi connectivity index (χ0v) is 7.16. The molecule has 0 N–H and O–H groups in total. The molecule has 0 aromatic heterocycles. The number of hydrogen-bond acceptors (Lipinski definition) is 1. The highest BCUT2D eigenvalue weighted by Crippen LogP contribution is 2.12. The second kappa shape index (κ2) is 3.46. The van der Waals surface area contributed by atoms with Crippen molar-refractivity contribution in [3.05, 3.63) is 0 Å². The molecule has 0 saturated heterocycles. The van der Waals surface area contributed by atoms with Gasteiger partial charge in [0.1, 0.15) is 5.38 Å². The standard InChI is InChI=1S/C5H8BrClO/c1-3(2)4(7)5(6)8/h3-4H,1-2H3. The Morgan fingerprint density at radius 3 is 2.00 bits per heavy atom. The third-order valence-corrected chi connectivity index (χ3v) is 2.26. The van der Waals surface area contributed by atoms with Gasteiger partial charge in [-0.2, -0.15) is 0 Å². The Bertz CT molecular complexity index is 92.4.